The van der Waals surface area contributed by atoms with E-state index in [0.717, 1.165) is 6.42 Å². The van der Waals surface area contributed by atoms with E-state index in [1.165, 1.54) is 0 Å². The predicted molar refractivity (Wildman–Crippen MR) is 47.9 cm³/mol. The van der Waals surface area contributed by atoms with Crippen molar-refractivity contribution < 1.29 is 17.6 Å². The van der Waals surface area contributed by atoms with E-state index in [4.69, 9.17) is 0 Å². The maximum absolute atomic E-state index is 12.9. The molecule has 13 heavy (non-hydrogen) atoms. The van der Waals surface area contributed by atoms with Gasteiger partial charge in [0.1, 0.15) is 0 Å². The highest BCUT2D eigenvalue weighted by atomic mass is 32.1. The van der Waals surface area contributed by atoms with Gasteiger partial charge in [0.2, 0.25) is 5.67 Å². The van der Waals surface area contributed by atoms with Crippen molar-refractivity contribution in [3.05, 3.63) is 0 Å². The number of hydrogen-bond acceptors (Lipinski definition) is 1. The van der Waals surface area contributed by atoms with Crippen LogP contribution in [0.5, 0.6) is 0 Å². The van der Waals surface area contributed by atoms with Crippen molar-refractivity contribution in [2.75, 3.05) is 5.75 Å². The molecule has 0 aromatic carbocycles. The molecule has 0 nitrogen and oxygen atoms in total. The van der Waals surface area contributed by atoms with Gasteiger partial charge in [-0.1, -0.05) is 6.42 Å². The van der Waals surface area contributed by atoms with Gasteiger partial charge in [0.05, 0.1) is 0 Å². The largest absolute Gasteiger partial charge is 0.422 e. The van der Waals surface area contributed by atoms with Crippen LogP contribution in [0.1, 0.15) is 32.6 Å². The highest BCUT2D eigenvalue weighted by Crippen LogP contribution is 2.37. The highest BCUT2D eigenvalue weighted by molar-refractivity contribution is 7.80. The molecular weight excluding hydrogens is 204 g/mol. The molecule has 0 bridgehead atoms. The molecule has 0 heterocycles. The molecule has 0 aliphatic rings. The van der Waals surface area contributed by atoms with Crippen LogP contribution in [0.2, 0.25) is 0 Å². The van der Waals surface area contributed by atoms with Crippen molar-refractivity contribution >= 4 is 12.6 Å². The fraction of sp³-hybridized carbons (Fsp3) is 1.00. The molecule has 0 fully saturated rings. The second-order valence-electron chi connectivity index (χ2n) is 3.23. The van der Waals surface area contributed by atoms with Crippen molar-refractivity contribution in [3.8, 4) is 0 Å². The van der Waals surface area contributed by atoms with E-state index in [-0.39, 0.29) is 6.42 Å². The van der Waals surface area contributed by atoms with E-state index >= 15 is 0 Å². The molecule has 5 heteroatoms. The van der Waals surface area contributed by atoms with E-state index in [0.29, 0.717) is 19.1 Å². The number of alkyl halides is 4. The van der Waals surface area contributed by atoms with Gasteiger partial charge in [-0.05, 0) is 31.9 Å². The summed E-state index contributed by atoms with van der Waals surface area (Å²) in [5, 5.41) is 0. The number of thiol groups is 1. The second kappa shape index (κ2) is 5.08. The van der Waals surface area contributed by atoms with E-state index in [1.807, 2.05) is 0 Å². The van der Waals surface area contributed by atoms with Gasteiger partial charge in [-0.2, -0.15) is 25.8 Å². The molecule has 80 valence electrons. The molecule has 0 aliphatic carbocycles. The number of hydrogen-bond donors (Lipinski definition) is 1. The molecule has 0 aromatic heterocycles. The summed E-state index contributed by atoms with van der Waals surface area (Å²) in [5.41, 5.74) is -3.04. The van der Waals surface area contributed by atoms with Crippen LogP contribution in [0.3, 0.4) is 0 Å². The Hall–Kier alpha value is 0.0700. The maximum atomic E-state index is 12.9. The average Bonchev–Trinajstić information content (AvgIpc) is 1.96. The topological polar surface area (TPSA) is 0 Å². The van der Waals surface area contributed by atoms with Crippen molar-refractivity contribution in [2.45, 2.75) is 44.5 Å². The first kappa shape index (κ1) is 13.1. The van der Waals surface area contributed by atoms with Gasteiger partial charge in [0.25, 0.3) is 0 Å². The fourth-order valence-corrected chi connectivity index (χ4v) is 1.11. The van der Waals surface area contributed by atoms with E-state index < -0.39 is 18.3 Å². The third kappa shape index (κ3) is 4.74. The van der Waals surface area contributed by atoms with Gasteiger partial charge in [-0.3, -0.25) is 0 Å². The number of unbranched alkanes of at least 4 members (excludes halogenated alkanes) is 2. The predicted octanol–water partition coefficient (Wildman–Crippen LogP) is 3.77. The van der Waals surface area contributed by atoms with Gasteiger partial charge in [0, 0.05) is 0 Å². The lowest BCUT2D eigenvalue weighted by Gasteiger charge is -2.23. The lowest BCUT2D eigenvalue weighted by atomic mass is 10.00. The summed E-state index contributed by atoms with van der Waals surface area (Å²) in [5.74, 6) is 0.634. The van der Waals surface area contributed by atoms with Gasteiger partial charge < -0.3 is 0 Å². The minimum absolute atomic E-state index is 0.257. The summed E-state index contributed by atoms with van der Waals surface area (Å²) in [6.07, 6.45) is -3.61. The summed E-state index contributed by atoms with van der Waals surface area (Å²) >= 11 is 3.91. The summed E-state index contributed by atoms with van der Waals surface area (Å²) in [6, 6.07) is 0. The summed E-state index contributed by atoms with van der Waals surface area (Å²) < 4.78 is 48.7. The Balaban J connectivity index is 3.77. The zero-order valence-corrected chi connectivity index (χ0v) is 8.39. The smallest absolute Gasteiger partial charge is 0.234 e. The second-order valence-corrected chi connectivity index (χ2v) is 3.68. The molecule has 0 saturated heterocycles. The molecule has 0 spiro atoms. The van der Waals surface area contributed by atoms with Crippen LogP contribution in [0.4, 0.5) is 17.6 Å². The molecule has 0 amide bonds. The summed E-state index contributed by atoms with van der Waals surface area (Å²) in [6.45, 7) is 0.591. The van der Waals surface area contributed by atoms with Crippen LogP contribution >= 0.6 is 12.6 Å². The molecule has 0 rings (SSSR count). The minimum atomic E-state index is -4.74. The normalized spacial score (nSPS) is 17.1. The molecular formula is C8H14F4S. The van der Waals surface area contributed by atoms with Crippen LogP contribution in [0, 0.1) is 0 Å². The number of rotatable bonds is 5. The standard InChI is InChI=1S/C8H14F4S/c1-7(9,8(10,11)12)5-3-2-4-6-13/h13H,2-6H2,1H3. The molecule has 0 saturated carbocycles. The quantitative estimate of drug-likeness (QED) is 0.405. The fourth-order valence-electron chi connectivity index (χ4n) is 0.887. The lowest BCUT2D eigenvalue weighted by Crippen LogP contribution is -2.37. The van der Waals surface area contributed by atoms with Crippen molar-refractivity contribution in [2.24, 2.45) is 0 Å². The Morgan fingerprint density at radius 3 is 1.92 bits per heavy atom. The molecule has 1 atom stereocenters. The van der Waals surface area contributed by atoms with Gasteiger partial charge in [-0.25, -0.2) is 4.39 Å². The Bertz CT molecular complexity index is 142. The zero-order valence-electron chi connectivity index (χ0n) is 7.49. The van der Waals surface area contributed by atoms with Crippen LogP contribution in [0.25, 0.3) is 0 Å². The number of halogens is 4. The minimum Gasteiger partial charge on any atom is -0.234 e. The summed E-state index contributed by atoms with van der Waals surface area (Å²) in [7, 11) is 0. The van der Waals surface area contributed by atoms with Gasteiger partial charge in [0.15, 0.2) is 0 Å². The van der Waals surface area contributed by atoms with Crippen LogP contribution in [-0.2, 0) is 0 Å². The van der Waals surface area contributed by atoms with Crippen molar-refractivity contribution in [1.29, 1.82) is 0 Å². The van der Waals surface area contributed by atoms with Crippen LogP contribution in [-0.4, -0.2) is 17.6 Å². The molecule has 0 radical (unpaired) electrons. The van der Waals surface area contributed by atoms with Crippen molar-refractivity contribution in [1.82, 2.24) is 0 Å². The van der Waals surface area contributed by atoms with Crippen LogP contribution in [0.15, 0.2) is 0 Å². The third-order valence-electron chi connectivity index (χ3n) is 1.90. The highest BCUT2D eigenvalue weighted by Gasteiger charge is 2.51. The average molecular weight is 218 g/mol. The zero-order chi connectivity index (χ0) is 10.5. The molecule has 0 aliphatic heterocycles. The Labute approximate surface area is 81.1 Å². The SMILES string of the molecule is CC(F)(CCCCCS)C(F)(F)F. The Kier molecular flexibility index (Phi) is 5.10. The van der Waals surface area contributed by atoms with Crippen molar-refractivity contribution in [3.63, 3.8) is 0 Å². The molecule has 1 unspecified atom stereocenters. The Morgan fingerprint density at radius 2 is 1.54 bits per heavy atom. The van der Waals surface area contributed by atoms with E-state index in [9.17, 15) is 17.6 Å². The first-order chi connectivity index (χ1) is 5.81. The van der Waals surface area contributed by atoms with Gasteiger partial charge in [-0.15, -0.1) is 0 Å². The van der Waals surface area contributed by atoms with E-state index in [1.54, 1.807) is 0 Å². The molecule has 0 N–H and O–H groups in total. The molecule has 0 aromatic rings. The van der Waals surface area contributed by atoms with Crippen LogP contribution < -0.4 is 0 Å². The first-order valence-electron chi connectivity index (χ1n) is 4.18. The van der Waals surface area contributed by atoms with E-state index in [2.05, 4.69) is 12.6 Å². The summed E-state index contributed by atoms with van der Waals surface area (Å²) in [4.78, 5) is 0. The monoisotopic (exact) mass is 218 g/mol. The third-order valence-corrected chi connectivity index (χ3v) is 2.21. The lowest BCUT2D eigenvalue weighted by molar-refractivity contribution is -0.226. The van der Waals surface area contributed by atoms with Gasteiger partial charge >= 0.3 is 6.18 Å². The maximum Gasteiger partial charge on any atom is 0.422 e. The first-order valence-corrected chi connectivity index (χ1v) is 4.81. The Morgan fingerprint density at radius 1 is 1.00 bits per heavy atom.